The fourth-order valence-electron chi connectivity index (χ4n) is 3.35. The Bertz CT molecular complexity index is 705. The molecular weight excluding hydrogens is 298 g/mol. The highest BCUT2D eigenvalue weighted by Gasteiger charge is 2.17. The smallest absolute Gasteiger partial charge is 0.133 e. The minimum atomic E-state index is 0.676. The highest BCUT2D eigenvalue weighted by atomic mass is 16.3. The largest absolute Gasteiger partial charge is 0.464 e. The lowest BCUT2D eigenvalue weighted by Gasteiger charge is -2.32. The molecule has 0 radical (unpaired) electrons. The molecule has 0 unspecified atom stereocenters. The summed E-state index contributed by atoms with van der Waals surface area (Å²) in [4.78, 5) is 7.25. The van der Waals surface area contributed by atoms with E-state index in [4.69, 9.17) is 9.41 Å². The Morgan fingerprint density at radius 1 is 1.33 bits per heavy atom. The first-order chi connectivity index (χ1) is 11.8. The molecule has 24 heavy (non-hydrogen) atoms. The SMILES string of the molecule is CCC(=NCNCC1=CCC=c2ccoc2=C1)N1CCC(C)CC1. The van der Waals surface area contributed by atoms with Crippen molar-refractivity contribution in [3.63, 3.8) is 0 Å². The van der Waals surface area contributed by atoms with E-state index in [1.54, 1.807) is 6.26 Å². The lowest BCUT2D eigenvalue weighted by molar-refractivity contribution is 0.276. The van der Waals surface area contributed by atoms with E-state index in [9.17, 15) is 0 Å². The molecule has 1 N–H and O–H groups in total. The van der Waals surface area contributed by atoms with E-state index in [1.165, 1.54) is 29.5 Å². The molecule has 2 aliphatic rings. The summed E-state index contributed by atoms with van der Waals surface area (Å²) in [7, 11) is 0. The van der Waals surface area contributed by atoms with Gasteiger partial charge in [-0.25, -0.2) is 0 Å². The topological polar surface area (TPSA) is 40.8 Å². The van der Waals surface area contributed by atoms with Crippen molar-refractivity contribution in [3.8, 4) is 0 Å². The maximum Gasteiger partial charge on any atom is 0.133 e. The Labute approximate surface area is 144 Å². The fraction of sp³-hybridized carbons (Fsp3) is 0.550. The van der Waals surface area contributed by atoms with Gasteiger partial charge in [0.1, 0.15) is 11.3 Å². The van der Waals surface area contributed by atoms with Crippen LogP contribution in [-0.4, -0.2) is 37.0 Å². The molecule has 130 valence electrons. The molecular formula is C20H29N3O. The van der Waals surface area contributed by atoms with Crippen molar-refractivity contribution >= 4 is 18.0 Å². The van der Waals surface area contributed by atoms with Crippen molar-refractivity contribution in [1.82, 2.24) is 10.2 Å². The molecule has 1 aliphatic heterocycles. The quantitative estimate of drug-likeness (QED) is 0.512. The van der Waals surface area contributed by atoms with Gasteiger partial charge in [0.25, 0.3) is 0 Å². The van der Waals surface area contributed by atoms with Gasteiger partial charge in [0.15, 0.2) is 0 Å². The van der Waals surface area contributed by atoms with Gasteiger partial charge in [-0.05, 0) is 42.9 Å². The third kappa shape index (κ3) is 4.38. The summed E-state index contributed by atoms with van der Waals surface area (Å²) in [6.45, 7) is 8.36. The zero-order valence-electron chi connectivity index (χ0n) is 14.9. The molecule has 0 spiro atoms. The number of allylic oxidation sites excluding steroid dienone is 1. The van der Waals surface area contributed by atoms with E-state index in [2.05, 4.69) is 42.3 Å². The van der Waals surface area contributed by atoms with Crippen LogP contribution in [0.2, 0.25) is 0 Å². The van der Waals surface area contributed by atoms with Gasteiger partial charge < -0.3 is 9.32 Å². The van der Waals surface area contributed by atoms with Crippen LogP contribution in [-0.2, 0) is 0 Å². The van der Waals surface area contributed by atoms with Crippen LogP contribution in [0.25, 0.3) is 12.2 Å². The third-order valence-electron chi connectivity index (χ3n) is 4.93. The first-order valence-corrected chi connectivity index (χ1v) is 9.19. The summed E-state index contributed by atoms with van der Waals surface area (Å²) in [5.74, 6) is 2.10. The highest BCUT2D eigenvalue weighted by molar-refractivity contribution is 5.82. The third-order valence-corrected chi connectivity index (χ3v) is 4.93. The van der Waals surface area contributed by atoms with E-state index in [-0.39, 0.29) is 0 Å². The second-order valence-electron chi connectivity index (χ2n) is 6.79. The first-order valence-electron chi connectivity index (χ1n) is 9.19. The number of nitrogens with zero attached hydrogens (tertiary/aromatic N) is 2. The molecule has 0 amide bonds. The lowest BCUT2D eigenvalue weighted by atomic mass is 9.99. The minimum Gasteiger partial charge on any atom is -0.464 e. The maximum atomic E-state index is 5.53. The average Bonchev–Trinajstić information content (AvgIpc) is 2.94. The van der Waals surface area contributed by atoms with Crippen LogP contribution < -0.4 is 16.0 Å². The van der Waals surface area contributed by atoms with E-state index < -0.39 is 0 Å². The van der Waals surface area contributed by atoms with Gasteiger partial charge in [0, 0.05) is 31.3 Å². The summed E-state index contributed by atoms with van der Waals surface area (Å²) in [6, 6.07) is 2.02. The van der Waals surface area contributed by atoms with Crippen LogP contribution >= 0.6 is 0 Å². The number of hydrogen-bond donors (Lipinski definition) is 1. The molecule has 3 rings (SSSR count). The lowest BCUT2D eigenvalue weighted by Crippen LogP contribution is -2.38. The summed E-state index contributed by atoms with van der Waals surface area (Å²) in [5, 5.41) is 4.64. The second kappa shape index (κ2) is 8.34. The summed E-state index contributed by atoms with van der Waals surface area (Å²) in [6.07, 6.45) is 12.9. The molecule has 0 saturated carbocycles. The normalized spacial score (nSPS) is 19.2. The van der Waals surface area contributed by atoms with E-state index in [1.807, 2.05) is 6.07 Å². The highest BCUT2D eigenvalue weighted by Crippen LogP contribution is 2.17. The average molecular weight is 327 g/mol. The Morgan fingerprint density at radius 3 is 2.96 bits per heavy atom. The number of fused-ring (bicyclic) bond motifs is 1. The van der Waals surface area contributed by atoms with Crippen LogP contribution in [0.4, 0.5) is 0 Å². The second-order valence-corrected chi connectivity index (χ2v) is 6.79. The number of likely N-dealkylation sites (tertiary alicyclic amines) is 1. The van der Waals surface area contributed by atoms with Crippen molar-refractivity contribution < 1.29 is 4.42 Å². The molecule has 1 saturated heterocycles. The number of hydrogen-bond acceptors (Lipinski definition) is 3. The number of amidine groups is 1. The van der Waals surface area contributed by atoms with Gasteiger partial charge >= 0.3 is 0 Å². The fourth-order valence-corrected chi connectivity index (χ4v) is 3.35. The van der Waals surface area contributed by atoms with Gasteiger partial charge in [0.2, 0.25) is 0 Å². The summed E-state index contributed by atoms with van der Waals surface area (Å²) < 4.78 is 5.53. The van der Waals surface area contributed by atoms with E-state index in [0.29, 0.717) is 6.67 Å². The van der Waals surface area contributed by atoms with E-state index in [0.717, 1.165) is 43.8 Å². The van der Waals surface area contributed by atoms with Crippen LogP contribution in [0.1, 0.15) is 39.5 Å². The number of rotatable bonds is 5. The van der Waals surface area contributed by atoms with Crippen LogP contribution in [0, 0.1) is 5.92 Å². The molecule has 1 fully saturated rings. The molecule has 4 heteroatoms. The van der Waals surface area contributed by atoms with Gasteiger partial charge in [-0.2, -0.15) is 0 Å². The predicted octanol–water partition coefficient (Wildman–Crippen LogP) is 2.26. The summed E-state index contributed by atoms with van der Waals surface area (Å²) in [5.41, 5.74) is 2.22. The molecule has 0 aromatic carbocycles. The number of piperidine rings is 1. The van der Waals surface area contributed by atoms with Crippen LogP contribution in [0.15, 0.2) is 33.4 Å². The predicted molar refractivity (Wildman–Crippen MR) is 100 cm³/mol. The summed E-state index contributed by atoms with van der Waals surface area (Å²) >= 11 is 0. The minimum absolute atomic E-state index is 0.676. The zero-order chi connectivity index (χ0) is 16.8. The zero-order valence-corrected chi connectivity index (χ0v) is 14.9. The molecule has 0 bridgehead atoms. The van der Waals surface area contributed by atoms with Crippen molar-refractivity contribution in [3.05, 3.63) is 34.6 Å². The Hall–Kier alpha value is -1.81. The molecule has 2 heterocycles. The molecule has 1 aromatic rings. The van der Waals surface area contributed by atoms with Crippen molar-refractivity contribution in [1.29, 1.82) is 0 Å². The van der Waals surface area contributed by atoms with Crippen molar-refractivity contribution in [2.45, 2.75) is 39.5 Å². The van der Waals surface area contributed by atoms with Crippen molar-refractivity contribution in [2.75, 3.05) is 26.3 Å². The van der Waals surface area contributed by atoms with Gasteiger partial charge in [-0.15, -0.1) is 0 Å². The van der Waals surface area contributed by atoms with E-state index >= 15 is 0 Å². The Balaban J connectivity index is 1.51. The molecule has 4 nitrogen and oxygen atoms in total. The Kier molecular flexibility index (Phi) is 5.91. The van der Waals surface area contributed by atoms with Crippen LogP contribution in [0.3, 0.4) is 0 Å². The molecule has 1 aromatic heterocycles. The molecule has 1 aliphatic carbocycles. The van der Waals surface area contributed by atoms with Crippen LogP contribution in [0.5, 0.6) is 0 Å². The Morgan fingerprint density at radius 2 is 2.17 bits per heavy atom. The number of nitrogens with one attached hydrogen (secondary N) is 1. The number of furan rings is 1. The van der Waals surface area contributed by atoms with Gasteiger partial charge in [-0.1, -0.05) is 26.0 Å². The molecule has 0 atom stereocenters. The maximum absolute atomic E-state index is 5.53. The van der Waals surface area contributed by atoms with Crippen molar-refractivity contribution in [2.24, 2.45) is 10.9 Å². The first kappa shape index (κ1) is 17.0. The number of aliphatic imine (C=N–C) groups is 1. The van der Waals surface area contributed by atoms with Gasteiger partial charge in [0.05, 0.1) is 12.9 Å². The standard InChI is InChI=1S/C20H29N3O/c1-3-20(23-10-7-16(2)8-11-23)22-15-21-14-17-5-4-6-18-9-12-24-19(18)13-17/h5-6,9,12-13,16,21H,3-4,7-8,10-11,14-15H2,1-2H3. The monoisotopic (exact) mass is 327 g/mol. The van der Waals surface area contributed by atoms with Gasteiger partial charge in [-0.3, -0.25) is 10.3 Å².